The number of halogens is 3. The normalized spacial score (nSPS) is 11.6. The molecule has 0 unspecified atom stereocenters. The molecule has 0 amide bonds. The van der Waals surface area contributed by atoms with Crippen LogP contribution in [0.5, 0.6) is 0 Å². The molecule has 0 saturated carbocycles. The van der Waals surface area contributed by atoms with Crippen LogP contribution in [0, 0.1) is 0 Å². The minimum atomic E-state index is -4.00. The molecule has 0 bridgehead atoms. The Morgan fingerprint density at radius 1 is 0.840 bits per heavy atom. The lowest BCUT2D eigenvalue weighted by molar-refractivity contribution is -0.135. The van der Waals surface area contributed by atoms with Gasteiger partial charge in [0.2, 0.25) is 0 Å². The first-order valence-electron chi connectivity index (χ1n) is 8.97. The van der Waals surface area contributed by atoms with Gasteiger partial charge < -0.3 is 0 Å². The summed E-state index contributed by atoms with van der Waals surface area (Å²) in [5.74, 6) is 0. The molecule has 0 fully saturated rings. The number of nitrogens with zero attached hydrogens (tertiary/aromatic N) is 2. The average molecular weight is 350 g/mol. The molecule has 0 atom stereocenters. The van der Waals surface area contributed by atoms with E-state index in [9.17, 15) is 13.2 Å². The Morgan fingerprint density at radius 3 is 2.24 bits per heavy atom. The molecule has 136 valence electrons. The summed E-state index contributed by atoms with van der Waals surface area (Å²) in [5.41, 5.74) is 3.24. The van der Waals surface area contributed by atoms with Crippen molar-refractivity contribution in [1.82, 2.24) is 9.97 Å². The largest absolute Gasteiger partial charge is 0.389 e. The molecule has 0 aliphatic rings. The van der Waals surface area contributed by atoms with Crippen LogP contribution in [0.3, 0.4) is 0 Å². The summed E-state index contributed by atoms with van der Waals surface area (Å²) in [6.07, 6.45) is 7.67. The van der Waals surface area contributed by atoms with Crippen molar-refractivity contribution in [2.45, 2.75) is 64.0 Å². The van der Waals surface area contributed by atoms with E-state index in [0.717, 1.165) is 49.8 Å². The molecule has 0 aliphatic carbocycles. The summed E-state index contributed by atoms with van der Waals surface area (Å²) >= 11 is 0. The average Bonchev–Trinajstić information content (AvgIpc) is 2.60. The van der Waals surface area contributed by atoms with Gasteiger partial charge in [0, 0.05) is 24.4 Å². The van der Waals surface area contributed by atoms with E-state index in [1.165, 1.54) is 5.56 Å². The first kappa shape index (κ1) is 19.4. The maximum Gasteiger partial charge on any atom is 0.389 e. The van der Waals surface area contributed by atoms with Gasteiger partial charge in [0.1, 0.15) is 0 Å². The van der Waals surface area contributed by atoms with Gasteiger partial charge >= 0.3 is 6.18 Å². The number of hydrogen-bond donors (Lipinski definition) is 0. The summed E-state index contributed by atoms with van der Waals surface area (Å²) in [4.78, 5) is 8.41. The molecule has 0 spiro atoms. The van der Waals surface area contributed by atoms with Gasteiger partial charge in [0.15, 0.2) is 0 Å². The maximum atomic E-state index is 12.0. The highest BCUT2D eigenvalue weighted by molar-refractivity contribution is 5.58. The van der Waals surface area contributed by atoms with Crippen LogP contribution < -0.4 is 0 Å². The third-order valence-electron chi connectivity index (χ3n) is 4.21. The Balaban J connectivity index is 1.60. The zero-order valence-corrected chi connectivity index (χ0v) is 14.4. The molecule has 0 saturated heterocycles. The summed E-state index contributed by atoms with van der Waals surface area (Å²) in [7, 11) is 0. The SMILES string of the molecule is FC(F)(F)CCCCCCCCCc1cccc(-c2cnccn2)c1. The molecule has 2 aromatic rings. The monoisotopic (exact) mass is 350 g/mol. The van der Waals surface area contributed by atoms with E-state index in [-0.39, 0.29) is 6.42 Å². The molecule has 1 aromatic heterocycles. The lowest BCUT2D eigenvalue weighted by Crippen LogP contribution is -2.06. The van der Waals surface area contributed by atoms with Gasteiger partial charge in [-0.1, -0.05) is 50.3 Å². The van der Waals surface area contributed by atoms with Gasteiger partial charge in [-0.05, 0) is 30.9 Å². The molecular formula is C20H25F3N2. The van der Waals surface area contributed by atoms with Crippen LogP contribution in [0.4, 0.5) is 13.2 Å². The van der Waals surface area contributed by atoms with E-state index in [1.54, 1.807) is 18.6 Å². The van der Waals surface area contributed by atoms with Crippen LogP contribution >= 0.6 is 0 Å². The van der Waals surface area contributed by atoms with E-state index in [2.05, 4.69) is 22.1 Å². The van der Waals surface area contributed by atoms with Gasteiger partial charge in [-0.25, -0.2) is 0 Å². The molecule has 25 heavy (non-hydrogen) atoms. The smallest absolute Gasteiger partial charge is 0.261 e. The summed E-state index contributed by atoms with van der Waals surface area (Å²) in [6, 6.07) is 8.35. The van der Waals surface area contributed by atoms with Crippen LogP contribution in [0.2, 0.25) is 0 Å². The van der Waals surface area contributed by atoms with E-state index < -0.39 is 12.6 Å². The predicted octanol–water partition coefficient (Wildman–Crippen LogP) is 6.37. The minimum absolute atomic E-state index is 0.263. The predicted molar refractivity (Wildman–Crippen MR) is 94.2 cm³/mol. The van der Waals surface area contributed by atoms with Crippen molar-refractivity contribution in [1.29, 1.82) is 0 Å². The Bertz CT molecular complexity index is 612. The van der Waals surface area contributed by atoms with Crippen molar-refractivity contribution in [3.8, 4) is 11.3 Å². The fourth-order valence-electron chi connectivity index (χ4n) is 2.87. The van der Waals surface area contributed by atoms with Gasteiger partial charge in [0.25, 0.3) is 0 Å². The second-order valence-corrected chi connectivity index (χ2v) is 6.38. The Labute approximate surface area is 147 Å². The highest BCUT2D eigenvalue weighted by Crippen LogP contribution is 2.23. The number of aromatic nitrogens is 2. The Hall–Kier alpha value is -1.91. The van der Waals surface area contributed by atoms with Gasteiger partial charge in [0.05, 0.1) is 11.9 Å². The van der Waals surface area contributed by atoms with Gasteiger partial charge in [-0.2, -0.15) is 13.2 Å². The van der Waals surface area contributed by atoms with Crippen molar-refractivity contribution in [3.05, 3.63) is 48.4 Å². The van der Waals surface area contributed by atoms with Crippen molar-refractivity contribution in [2.75, 3.05) is 0 Å². The highest BCUT2D eigenvalue weighted by atomic mass is 19.4. The third-order valence-corrected chi connectivity index (χ3v) is 4.21. The highest BCUT2D eigenvalue weighted by Gasteiger charge is 2.25. The molecule has 1 aromatic carbocycles. The Kier molecular flexibility index (Phi) is 7.89. The molecule has 0 radical (unpaired) electrons. The molecule has 1 heterocycles. The molecular weight excluding hydrogens is 325 g/mol. The number of alkyl halides is 3. The minimum Gasteiger partial charge on any atom is -0.261 e. The fraction of sp³-hybridized carbons (Fsp3) is 0.500. The van der Waals surface area contributed by atoms with E-state index in [1.807, 2.05) is 12.1 Å². The number of rotatable bonds is 10. The van der Waals surface area contributed by atoms with Crippen molar-refractivity contribution < 1.29 is 13.2 Å². The van der Waals surface area contributed by atoms with E-state index in [4.69, 9.17) is 0 Å². The second kappa shape index (κ2) is 10.2. The zero-order chi connectivity index (χ0) is 18.0. The Morgan fingerprint density at radius 2 is 1.56 bits per heavy atom. The van der Waals surface area contributed by atoms with Gasteiger partial charge in [-0.15, -0.1) is 0 Å². The summed E-state index contributed by atoms with van der Waals surface area (Å²) < 4.78 is 36.1. The second-order valence-electron chi connectivity index (χ2n) is 6.38. The molecule has 5 heteroatoms. The lowest BCUT2D eigenvalue weighted by atomic mass is 10.0. The van der Waals surface area contributed by atoms with Gasteiger partial charge in [-0.3, -0.25) is 9.97 Å². The number of unbranched alkanes of at least 4 members (excludes halogenated alkanes) is 6. The first-order chi connectivity index (χ1) is 12.0. The van der Waals surface area contributed by atoms with Crippen molar-refractivity contribution in [3.63, 3.8) is 0 Å². The zero-order valence-electron chi connectivity index (χ0n) is 14.4. The van der Waals surface area contributed by atoms with Crippen LogP contribution in [0.1, 0.15) is 56.9 Å². The van der Waals surface area contributed by atoms with Crippen molar-refractivity contribution in [2.24, 2.45) is 0 Å². The lowest BCUT2D eigenvalue weighted by Gasteiger charge is -2.06. The standard InChI is InChI=1S/C20H25F3N2/c21-20(22,23)12-7-5-3-1-2-4-6-9-17-10-8-11-18(15-17)19-16-24-13-14-25-19/h8,10-11,13-16H,1-7,9,12H2. The third kappa shape index (κ3) is 8.14. The van der Waals surface area contributed by atoms with E-state index in [0.29, 0.717) is 6.42 Å². The van der Waals surface area contributed by atoms with Crippen LogP contribution in [-0.4, -0.2) is 16.1 Å². The number of benzene rings is 1. The molecule has 0 aliphatic heterocycles. The van der Waals surface area contributed by atoms with Crippen LogP contribution in [0.25, 0.3) is 11.3 Å². The van der Waals surface area contributed by atoms with E-state index >= 15 is 0 Å². The number of aryl methyl sites for hydroxylation is 1. The maximum absolute atomic E-state index is 12.0. The number of hydrogen-bond acceptors (Lipinski definition) is 2. The molecule has 0 N–H and O–H groups in total. The van der Waals surface area contributed by atoms with Crippen LogP contribution in [-0.2, 0) is 6.42 Å². The topological polar surface area (TPSA) is 25.8 Å². The summed E-state index contributed by atoms with van der Waals surface area (Å²) in [6.45, 7) is 0. The fourth-order valence-corrected chi connectivity index (χ4v) is 2.87. The molecule has 2 nitrogen and oxygen atoms in total. The first-order valence-corrected chi connectivity index (χ1v) is 8.97. The van der Waals surface area contributed by atoms with Crippen molar-refractivity contribution >= 4 is 0 Å². The molecule has 2 rings (SSSR count). The quantitative estimate of drug-likeness (QED) is 0.465. The van der Waals surface area contributed by atoms with Crippen LogP contribution in [0.15, 0.2) is 42.9 Å². The summed E-state index contributed by atoms with van der Waals surface area (Å²) in [5, 5.41) is 0.